The number of aliphatic hydroxyl groups is 1. The van der Waals surface area contributed by atoms with Crippen LogP contribution in [-0.4, -0.2) is 10.1 Å². The Kier molecular flexibility index (Phi) is 5.06. The standard InChI is InChI=1S/C15H16ClFN2O/c1-10(12-4-5-18-15(16)7-12)19-8-11-2-3-14(17)13(6-11)9-20/h2-7,10,19-20H,8-9H2,1H3. The van der Waals surface area contributed by atoms with E-state index in [9.17, 15) is 4.39 Å². The predicted octanol–water partition coefficient (Wildman–Crippen LogP) is 3.22. The molecule has 1 heterocycles. The third kappa shape index (κ3) is 3.76. The Balaban J connectivity index is 2.01. The summed E-state index contributed by atoms with van der Waals surface area (Å²) in [5.74, 6) is -0.384. The predicted molar refractivity (Wildman–Crippen MR) is 76.8 cm³/mol. The maximum Gasteiger partial charge on any atom is 0.129 e. The van der Waals surface area contributed by atoms with Gasteiger partial charge in [0.25, 0.3) is 0 Å². The zero-order valence-electron chi connectivity index (χ0n) is 11.1. The summed E-state index contributed by atoms with van der Waals surface area (Å²) < 4.78 is 13.3. The SMILES string of the molecule is CC(NCc1ccc(F)c(CO)c1)c1ccnc(Cl)c1. The lowest BCUT2D eigenvalue weighted by Gasteiger charge is -2.15. The summed E-state index contributed by atoms with van der Waals surface area (Å²) in [6, 6.07) is 8.54. The monoisotopic (exact) mass is 294 g/mol. The highest BCUT2D eigenvalue weighted by Crippen LogP contribution is 2.16. The van der Waals surface area contributed by atoms with Crippen LogP contribution in [0.1, 0.15) is 29.7 Å². The number of rotatable bonds is 5. The maximum absolute atomic E-state index is 13.3. The molecular weight excluding hydrogens is 279 g/mol. The first-order valence-corrected chi connectivity index (χ1v) is 6.71. The van der Waals surface area contributed by atoms with Gasteiger partial charge < -0.3 is 10.4 Å². The Morgan fingerprint density at radius 3 is 2.85 bits per heavy atom. The molecule has 0 bridgehead atoms. The molecule has 0 aliphatic rings. The number of benzene rings is 1. The van der Waals surface area contributed by atoms with Crippen molar-refractivity contribution in [1.82, 2.24) is 10.3 Å². The largest absolute Gasteiger partial charge is 0.392 e. The molecule has 0 fully saturated rings. The molecule has 5 heteroatoms. The van der Waals surface area contributed by atoms with Crippen molar-refractivity contribution in [3.63, 3.8) is 0 Å². The maximum atomic E-state index is 13.3. The van der Waals surface area contributed by atoms with E-state index in [0.717, 1.165) is 11.1 Å². The molecule has 0 aliphatic carbocycles. The summed E-state index contributed by atoms with van der Waals surface area (Å²) in [4.78, 5) is 3.94. The van der Waals surface area contributed by atoms with Gasteiger partial charge in [0.05, 0.1) is 6.61 Å². The van der Waals surface area contributed by atoms with Gasteiger partial charge in [-0.1, -0.05) is 17.7 Å². The fourth-order valence-electron chi connectivity index (χ4n) is 1.93. The van der Waals surface area contributed by atoms with E-state index < -0.39 is 0 Å². The molecule has 1 atom stereocenters. The minimum absolute atomic E-state index is 0.0955. The number of hydrogen-bond donors (Lipinski definition) is 2. The molecular formula is C15H16ClFN2O. The first-order chi connectivity index (χ1) is 9.60. The average Bonchev–Trinajstić information content (AvgIpc) is 2.46. The summed E-state index contributed by atoms with van der Waals surface area (Å²) in [7, 11) is 0. The van der Waals surface area contributed by atoms with Gasteiger partial charge in [0.2, 0.25) is 0 Å². The molecule has 0 spiro atoms. The van der Waals surface area contributed by atoms with Gasteiger partial charge in [-0.25, -0.2) is 9.37 Å². The molecule has 2 rings (SSSR count). The van der Waals surface area contributed by atoms with Crippen molar-refractivity contribution in [3.05, 3.63) is 64.2 Å². The van der Waals surface area contributed by atoms with Crippen LogP contribution in [0.4, 0.5) is 4.39 Å². The van der Waals surface area contributed by atoms with Crippen molar-refractivity contribution in [2.45, 2.75) is 26.1 Å². The number of hydrogen-bond acceptors (Lipinski definition) is 3. The van der Waals surface area contributed by atoms with E-state index in [1.807, 2.05) is 19.1 Å². The topological polar surface area (TPSA) is 45.1 Å². The van der Waals surface area contributed by atoms with Gasteiger partial charge in [-0.05, 0) is 42.3 Å². The van der Waals surface area contributed by atoms with Crippen LogP contribution in [0.5, 0.6) is 0 Å². The van der Waals surface area contributed by atoms with E-state index in [2.05, 4.69) is 10.3 Å². The van der Waals surface area contributed by atoms with Crippen LogP contribution in [0, 0.1) is 5.82 Å². The Bertz CT molecular complexity index is 592. The molecule has 20 heavy (non-hydrogen) atoms. The minimum atomic E-state index is -0.384. The summed E-state index contributed by atoms with van der Waals surface area (Å²) in [5, 5.41) is 12.8. The third-order valence-corrected chi connectivity index (χ3v) is 3.35. The second kappa shape index (κ2) is 6.79. The van der Waals surface area contributed by atoms with Gasteiger partial charge in [-0.15, -0.1) is 0 Å². The quantitative estimate of drug-likeness (QED) is 0.832. The molecule has 106 valence electrons. The van der Waals surface area contributed by atoms with E-state index >= 15 is 0 Å². The van der Waals surface area contributed by atoms with Gasteiger partial charge in [0, 0.05) is 24.3 Å². The lowest BCUT2D eigenvalue weighted by atomic mass is 10.1. The van der Waals surface area contributed by atoms with Gasteiger partial charge in [0.1, 0.15) is 11.0 Å². The Morgan fingerprint density at radius 1 is 1.35 bits per heavy atom. The van der Waals surface area contributed by atoms with Gasteiger partial charge in [0.15, 0.2) is 0 Å². The van der Waals surface area contributed by atoms with Crippen LogP contribution in [-0.2, 0) is 13.2 Å². The first-order valence-electron chi connectivity index (χ1n) is 6.33. The van der Waals surface area contributed by atoms with Crippen molar-refractivity contribution in [2.24, 2.45) is 0 Å². The molecule has 2 aromatic rings. The zero-order valence-corrected chi connectivity index (χ0v) is 11.9. The van der Waals surface area contributed by atoms with Crippen LogP contribution in [0.2, 0.25) is 5.15 Å². The van der Waals surface area contributed by atoms with Crippen molar-refractivity contribution < 1.29 is 9.50 Å². The van der Waals surface area contributed by atoms with Crippen LogP contribution in [0.15, 0.2) is 36.5 Å². The minimum Gasteiger partial charge on any atom is -0.392 e. The van der Waals surface area contributed by atoms with Gasteiger partial charge in [-0.3, -0.25) is 0 Å². The van der Waals surface area contributed by atoms with Crippen LogP contribution < -0.4 is 5.32 Å². The Morgan fingerprint density at radius 2 is 2.15 bits per heavy atom. The van der Waals surface area contributed by atoms with Crippen molar-refractivity contribution in [1.29, 1.82) is 0 Å². The zero-order chi connectivity index (χ0) is 14.5. The smallest absolute Gasteiger partial charge is 0.129 e. The Labute approximate surface area is 122 Å². The number of aliphatic hydroxyl groups excluding tert-OH is 1. The number of halogens is 2. The fraction of sp³-hybridized carbons (Fsp3) is 0.267. The molecule has 1 aromatic heterocycles. The molecule has 2 N–H and O–H groups in total. The number of nitrogens with zero attached hydrogens (tertiary/aromatic N) is 1. The molecule has 1 unspecified atom stereocenters. The normalized spacial score (nSPS) is 12.4. The van der Waals surface area contributed by atoms with Crippen LogP contribution in [0.25, 0.3) is 0 Å². The highest BCUT2D eigenvalue weighted by atomic mass is 35.5. The van der Waals surface area contributed by atoms with E-state index in [4.69, 9.17) is 16.7 Å². The van der Waals surface area contributed by atoms with Crippen molar-refractivity contribution in [2.75, 3.05) is 0 Å². The van der Waals surface area contributed by atoms with E-state index in [1.54, 1.807) is 18.3 Å². The van der Waals surface area contributed by atoms with E-state index in [-0.39, 0.29) is 18.5 Å². The molecule has 0 aliphatic heterocycles. The van der Waals surface area contributed by atoms with Gasteiger partial charge >= 0.3 is 0 Å². The van der Waals surface area contributed by atoms with Crippen LogP contribution in [0.3, 0.4) is 0 Å². The second-order valence-electron chi connectivity index (χ2n) is 4.60. The highest BCUT2D eigenvalue weighted by Gasteiger charge is 2.07. The average molecular weight is 295 g/mol. The molecule has 0 saturated heterocycles. The lowest BCUT2D eigenvalue weighted by molar-refractivity contribution is 0.275. The summed E-state index contributed by atoms with van der Waals surface area (Å²) in [5.41, 5.74) is 2.26. The second-order valence-corrected chi connectivity index (χ2v) is 4.99. The van der Waals surface area contributed by atoms with Crippen LogP contribution >= 0.6 is 11.6 Å². The molecule has 0 amide bonds. The van der Waals surface area contributed by atoms with Crippen molar-refractivity contribution in [3.8, 4) is 0 Å². The molecule has 3 nitrogen and oxygen atoms in total. The number of nitrogens with one attached hydrogen (secondary N) is 1. The summed E-state index contributed by atoms with van der Waals surface area (Å²) >= 11 is 5.85. The molecule has 1 aromatic carbocycles. The summed E-state index contributed by atoms with van der Waals surface area (Å²) in [6.07, 6.45) is 1.66. The Hall–Kier alpha value is -1.49. The summed E-state index contributed by atoms with van der Waals surface area (Å²) in [6.45, 7) is 2.30. The van der Waals surface area contributed by atoms with E-state index in [0.29, 0.717) is 17.3 Å². The molecule has 0 saturated carbocycles. The highest BCUT2D eigenvalue weighted by molar-refractivity contribution is 6.29. The number of pyridine rings is 1. The first kappa shape index (κ1) is 14.9. The lowest BCUT2D eigenvalue weighted by Crippen LogP contribution is -2.18. The van der Waals surface area contributed by atoms with Gasteiger partial charge in [-0.2, -0.15) is 0 Å². The molecule has 0 radical (unpaired) electrons. The number of aromatic nitrogens is 1. The fourth-order valence-corrected chi connectivity index (χ4v) is 2.12. The van der Waals surface area contributed by atoms with Crippen molar-refractivity contribution >= 4 is 11.6 Å². The van der Waals surface area contributed by atoms with E-state index in [1.165, 1.54) is 6.07 Å². The third-order valence-electron chi connectivity index (χ3n) is 3.14.